The van der Waals surface area contributed by atoms with Crippen molar-refractivity contribution >= 4 is 22.8 Å². The summed E-state index contributed by atoms with van der Waals surface area (Å²) in [7, 11) is 0. The number of carbonyl (C=O) groups is 1. The van der Waals surface area contributed by atoms with E-state index in [2.05, 4.69) is 31.1 Å². The van der Waals surface area contributed by atoms with Crippen LogP contribution >= 0.6 is 0 Å². The molecule has 1 aliphatic heterocycles. The predicted octanol–water partition coefficient (Wildman–Crippen LogP) is 4.43. The second-order valence-electron chi connectivity index (χ2n) is 8.73. The second-order valence-corrected chi connectivity index (χ2v) is 8.73. The number of likely N-dealkylation sites (tertiary alicyclic amines) is 1. The van der Waals surface area contributed by atoms with Crippen LogP contribution in [0.3, 0.4) is 0 Å². The standard InChI is InChI=1S/C24H25F3N6O/c1-2-17-13-32(23(34)30-15-24(25,26)27)14-18(17)20-10-28-21-11-29-22-19(33(20)21)8-9-31(22)12-16-6-4-3-5-7-16/h3-11,17-18H,2,12-15H2,1H3,(H,30,34)/t17-,18+/m1/s1. The molecule has 0 saturated carbocycles. The van der Waals surface area contributed by atoms with E-state index in [0.29, 0.717) is 25.3 Å². The van der Waals surface area contributed by atoms with Gasteiger partial charge in [0.15, 0.2) is 11.3 Å². The minimum atomic E-state index is -4.44. The van der Waals surface area contributed by atoms with Crippen LogP contribution in [-0.4, -0.2) is 55.7 Å². The average Bonchev–Trinajstić information content (AvgIpc) is 3.53. The van der Waals surface area contributed by atoms with Crippen LogP contribution in [0, 0.1) is 5.92 Å². The number of hydrogen-bond acceptors (Lipinski definition) is 3. The summed E-state index contributed by atoms with van der Waals surface area (Å²) in [6.07, 6.45) is 1.89. The number of amides is 2. The summed E-state index contributed by atoms with van der Waals surface area (Å²) >= 11 is 0. The number of benzene rings is 1. The highest BCUT2D eigenvalue weighted by Crippen LogP contribution is 2.36. The number of fused-ring (bicyclic) bond motifs is 3. The van der Waals surface area contributed by atoms with Gasteiger partial charge in [0, 0.05) is 43.6 Å². The van der Waals surface area contributed by atoms with Crippen molar-refractivity contribution in [2.45, 2.75) is 32.0 Å². The van der Waals surface area contributed by atoms with E-state index < -0.39 is 18.8 Å². The Morgan fingerprint density at radius 2 is 1.91 bits per heavy atom. The lowest BCUT2D eigenvalue weighted by Crippen LogP contribution is -2.42. The van der Waals surface area contributed by atoms with Crippen LogP contribution in [0.2, 0.25) is 0 Å². The molecule has 0 unspecified atom stereocenters. The number of aromatic nitrogens is 4. The fourth-order valence-corrected chi connectivity index (χ4v) is 4.86. The molecule has 1 saturated heterocycles. The van der Waals surface area contributed by atoms with Crippen molar-refractivity contribution in [2.24, 2.45) is 5.92 Å². The van der Waals surface area contributed by atoms with Gasteiger partial charge in [-0.2, -0.15) is 13.2 Å². The molecule has 7 nitrogen and oxygen atoms in total. The maximum absolute atomic E-state index is 12.6. The summed E-state index contributed by atoms with van der Waals surface area (Å²) in [5, 5.41) is 1.99. The van der Waals surface area contributed by atoms with Crippen LogP contribution in [0.15, 0.2) is 55.0 Å². The Kier molecular flexibility index (Phi) is 5.66. The highest BCUT2D eigenvalue weighted by atomic mass is 19.4. The van der Waals surface area contributed by atoms with Gasteiger partial charge in [0.05, 0.1) is 11.7 Å². The maximum atomic E-state index is 12.6. The van der Waals surface area contributed by atoms with Crippen LogP contribution in [0.4, 0.5) is 18.0 Å². The number of hydrogen-bond donors (Lipinski definition) is 1. The van der Waals surface area contributed by atoms with Gasteiger partial charge in [0.25, 0.3) is 0 Å². The van der Waals surface area contributed by atoms with E-state index in [1.54, 1.807) is 12.4 Å². The number of halogens is 3. The van der Waals surface area contributed by atoms with Crippen molar-refractivity contribution in [3.63, 3.8) is 0 Å². The largest absolute Gasteiger partial charge is 0.405 e. The molecule has 0 spiro atoms. The van der Waals surface area contributed by atoms with Crippen molar-refractivity contribution in [3.8, 4) is 0 Å². The van der Waals surface area contributed by atoms with E-state index in [-0.39, 0.29) is 11.8 Å². The Balaban J connectivity index is 1.46. The lowest BCUT2D eigenvalue weighted by atomic mass is 9.91. The smallest absolute Gasteiger partial charge is 0.329 e. The molecule has 4 aromatic rings. The third-order valence-electron chi connectivity index (χ3n) is 6.54. The quantitative estimate of drug-likeness (QED) is 0.469. The first-order chi connectivity index (χ1) is 16.3. The van der Waals surface area contributed by atoms with Gasteiger partial charge in [-0.15, -0.1) is 0 Å². The molecule has 0 radical (unpaired) electrons. The fourth-order valence-electron chi connectivity index (χ4n) is 4.86. The fraction of sp³-hybridized carbons (Fsp3) is 0.375. The summed E-state index contributed by atoms with van der Waals surface area (Å²) in [5.74, 6) is 0.0749. The number of nitrogens with one attached hydrogen (secondary N) is 1. The Labute approximate surface area is 194 Å². The normalized spacial score (nSPS) is 18.8. The number of carbonyl (C=O) groups excluding carboxylic acids is 1. The van der Waals surface area contributed by atoms with E-state index in [4.69, 9.17) is 0 Å². The van der Waals surface area contributed by atoms with Crippen LogP contribution < -0.4 is 5.32 Å². The highest BCUT2D eigenvalue weighted by Gasteiger charge is 2.38. The number of imidazole rings is 1. The summed E-state index contributed by atoms with van der Waals surface area (Å²) in [6, 6.07) is 11.4. The first-order valence-electron chi connectivity index (χ1n) is 11.3. The summed E-state index contributed by atoms with van der Waals surface area (Å²) in [6.45, 7) is 2.12. The molecule has 1 N–H and O–H groups in total. The van der Waals surface area contributed by atoms with Gasteiger partial charge in [0.2, 0.25) is 0 Å². The Morgan fingerprint density at radius 3 is 2.65 bits per heavy atom. The lowest BCUT2D eigenvalue weighted by molar-refractivity contribution is -0.123. The molecule has 0 aliphatic carbocycles. The molecule has 2 atom stereocenters. The topological polar surface area (TPSA) is 67.5 Å². The number of rotatable bonds is 5. The van der Waals surface area contributed by atoms with Crippen molar-refractivity contribution < 1.29 is 18.0 Å². The van der Waals surface area contributed by atoms with E-state index in [0.717, 1.165) is 28.8 Å². The minimum Gasteiger partial charge on any atom is -0.329 e. The van der Waals surface area contributed by atoms with E-state index in [1.807, 2.05) is 42.7 Å². The van der Waals surface area contributed by atoms with Gasteiger partial charge in [-0.3, -0.25) is 4.40 Å². The van der Waals surface area contributed by atoms with Gasteiger partial charge in [-0.1, -0.05) is 43.7 Å². The molecule has 34 heavy (non-hydrogen) atoms. The van der Waals surface area contributed by atoms with Crippen LogP contribution in [-0.2, 0) is 6.54 Å². The van der Waals surface area contributed by atoms with E-state index in [9.17, 15) is 18.0 Å². The molecule has 10 heteroatoms. The maximum Gasteiger partial charge on any atom is 0.405 e. The zero-order valence-corrected chi connectivity index (χ0v) is 18.7. The molecule has 178 valence electrons. The molecular formula is C24H25F3N6O. The monoisotopic (exact) mass is 470 g/mol. The molecule has 0 bridgehead atoms. The summed E-state index contributed by atoms with van der Waals surface area (Å²) in [5.41, 5.74) is 4.54. The average molecular weight is 470 g/mol. The van der Waals surface area contributed by atoms with Crippen molar-refractivity contribution in [3.05, 3.63) is 66.2 Å². The molecule has 1 aliphatic rings. The van der Waals surface area contributed by atoms with Gasteiger partial charge in [0.1, 0.15) is 6.54 Å². The number of urea groups is 1. The van der Waals surface area contributed by atoms with Gasteiger partial charge < -0.3 is 14.8 Å². The predicted molar refractivity (Wildman–Crippen MR) is 122 cm³/mol. The SMILES string of the molecule is CC[C@@H]1CN(C(=O)NCC(F)(F)F)C[C@@H]1c1cnc2cnc3c(ccn3Cc3ccccc3)n12. The third-order valence-corrected chi connectivity index (χ3v) is 6.54. The van der Waals surface area contributed by atoms with Crippen molar-refractivity contribution in [1.82, 2.24) is 29.2 Å². The van der Waals surface area contributed by atoms with Gasteiger partial charge in [-0.25, -0.2) is 14.8 Å². The molecule has 1 fully saturated rings. The Morgan fingerprint density at radius 1 is 1.12 bits per heavy atom. The number of nitrogens with zero attached hydrogens (tertiary/aromatic N) is 5. The molecular weight excluding hydrogens is 445 g/mol. The zero-order valence-electron chi connectivity index (χ0n) is 18.7. The summed E-state index contributed by atoms with van der Waals surface area (Å²) in [4.78, 5) is 23.0. The van der Waals surface area contributed by atoms with Gasteiger partial charge in [-0.05, 0) is 17.5 Å². The first kappa shape index (κ1) is 22.2. The van der Waals surface area contributed by atoms with E-state index >= 15 is 0 Å². The number of alkyl halides is 3. The molecule has 2 amide bonds. The molecule has 4 heterocycles. The second kappa shape index (κ2) is 8.66. The summed E-state index contributed by atoms with van der Waals surface area (Å²) < 4.78 is 41.8. The Bertz CT molecular complexity index is 1310. The van der Waals surface area contributed by atoms with E-state index in [1.165, 1.54) is 4.90 Å². The highest BCUT2D eigenvalue weighted by molar-refractivity contribution is 5.76. The van der Waals surface area contributed by atoms with Crippen molar-refractivity contribution in [1.29, 1.82) is 0 Å². The van der Waals surface area contributed by atoms with Crippen molar-refractivity contribution in [2.75, 3.05) is 19.6 Å². The minimum absolute atomic E-state index is 0.0419. The van der Waals surface area contributed by atoms with Crippen LogP contribution in [0.1, 0.15) is 30.5 Å². The molecule has 1 aromatic carbocycles. The van der Waals surface area contributed by atoms with Crippen LogP contribution in [0.5, 0.6) is 0 Å². The first-order valence-corrected chi connectivity index (χ1v) is 11.3. The Hall–Kier alpha value is -3.56. The molecule has 5 rings (SSSR count). The zero-order chi connectivity index (χ0) is 23.9. The molecule has 3 aromatic heterocycles. The van der Waals surface area contributed by atoms with Crippen LogP contribution in [0.25, 0.3) is 16.8 Å². The third kappa shape index (κ3) is 4.20. The lowest BCUT2D eigenvalue weighted by Gasteiger charge is -2.18. The van der Waals surface area contributed by atoms with Gasteiger partial charge >= 0.3 is 12.2 Å².